The predicted octanol–water partition coefficient (Wildman–Crippen LogP) is 5.10. The van der Waals surface area contributed by atoms with Crippen LogP contribution in [0.4, 0.5) is 4.39 Å². The minimum absolute atomic E-state index is 0.154. The Labute approximate surface area is 177 Å². The first kappa shape index (κ1) is 18.8. The van der Waals surface area contributed by atoms with Crippen LogP contribution in [0.15, 0.2) is 48.7 Å². The van der Waals surface area contributed by atoms with Crippen molar-refractivity contribution in [3.05, 3.63) is 82.4 Å². The lowest BCUT2D eigenvalue weighted by atomic mass is 10.0. The second-order valence-corrected chi connectivity index (χ2v) is 7.56. The maximum Gasteiger partial charge on any atom is 0.181 e. The fraction of sp³-hybridized carbons (Fsp3) is 0.167. The number of aromatic amines is 1. The van der Waals surface area contributed by atoms with Gasteiger partial charge in [-0.3, -0.25) is 5.10 Å². The zero-order valence-electron chi connectivity index (χ0n) is 16.4. The molecule has 1 aliphatic carbocycles. The number of nitriles is 2. The van der Waals surface area contributed by atoms with Gasteiger partial charge in [0.05, 0.1) is 23.3 Å². The molecule has 2 aromatic carbocycles. The van der Waals surface area contributed by atoms with Crippen LogP contribution in [-0.4, -0.2) is 15.2 Å². The summed E-state index contributed by atoms with van der Waals surface area (Å²) in [6.45, 7) is 0. The number of hydrogen-bond donors (Lipinski definition) is 1. The van der Waals surface area contributed by atoms with Crippen LogP contribution in [0.2, 0.25) is 0 Å². The summed E-state index contributed by atoms with van der Waals surface area (Å²) in [6.07, 6.45) is 3.92. The topological polar surface area (TPSA) is 98.4 Å². The number of pyridine rings is 1. The van der Waals surface area contributed by atoms with Gasteiger partial charge in [0.15, 0.2) is 17.2 Å². The summed E-state index contributed by atoms with van der Waals surface area (Å²) in [7, 11) is 0. The van der Waals surface area contributed by atoms with Crippen molar-refractivity contribution < 1.29 is 9.13 Å². The van der Waals surface area contributed by atoms with E-state index in [1.54, 1.807) is 12.3 Å². The third-order valence-corrected chi connectivity index (χ3v) is 5.39. The van der Waals surface area contributed by atoms with Gasteiger partial charge in [-0.1, -0.05) is 12.1 Å². The standard InChI is InChI=1S/C24H16FN5O/c25-22-17(11-21-20-2-1-7-28-24(20)30-29-21)5-6-19(16-3-4-16)23(22)31-18-9-14(12-26)8-15(10-18)13-27/h1-2,5-10,16H,3-4,11H2,(H,28,29,30). The number of hydrogen-bond acceptors (Lipinski definition) is 5. The molecule has 0 amide bonds. The molecule has 1 N–H and O–H groups in total. The molecule has 0 radical (unpaired) electrons. The Morgan fingerprint density at radius 3 is 2.58 bits per heavy atom. The van der Waals surface area contributed by atoms with Crippen LogP contribution < -0.4 is 4.74 Å². The van der Waals surface area contributed by atoms with E-state index < -0.39 is 5.82 Å². The highest BCUT2D eigenvalue weighted by atomic mass is 19.1. The van der Waals surface area contributed by atoms with E-state index >= 15 is 4.39 Å². The molecule has 1 fully saturated rings. The van der Waals surface area contributed by atoms with Gasteiger partial charge in [-0.05, 0) is 54.7 Å². The number of H-pyrrole nitrogens is 1. The molecule has 5 rings (SSSR count). The van der Waals surface area contributed by atoms with Crippen molar-refractivity contribution in [2.75, 3.05) is 0 Å². The van der Waals surface area contributed by atoms with Crippen molar-refractivity contribution in [2.24, 2.45) is 0 Å². The molecule has 0 bridgehead atoms. The van der Waals surface area contributed by atoms with Crippen molar-refractivity contribution >= 4 is 11.0 Å². The quantitative estimate of drug-likeness (QED) is 0.494. The fourth-order valence-corrected chi connectivity index (χ4v) is 3.70. The molecule has 2 heterocycles. The monoisotopic (exact) mass is 409 g/mol. The molecule has 0 unspecified atom stereocenters. The first-order valence-electron chi connectivity index (χ1n) is 9.88. The van der Waals surface area contributed by atoms with E-state index in [2.05, 4.69) is 15.2 Å². The van der Waals surface area contributed by atoms with Gasteiger partial charge >= 0.3 is 0 Å². The molecule has 1 saturated carbocycles. The van der Waals surface area contributed by atoms with Crippen LogP contribution in [0.1, 0.15) is 46.7 Å². The summed E-state index contributed by atoms with van der Waals surface area (Å²) < 4.78 is 21.6. The fourth-order valence-electron chi connectivity index (χ4n) is 3.70. The molecule has 1 aliphatic rings. The van der Waals surface area contributed by atoms with Crippen molar-refractivity contribution in [2.45, 2.75) is 25.2 Å². The van der Waals surface area contributed by atoms with Gasteiger partial charge in [-0.25, -0.2) is 9.37 Å². The Morgan fingerprint density at radius 1 is 1.10 bits per heavy atom. The Kier molecular flexibility index (Phi) is 4.57. The van der Waals surface area contributed by atoms with Crippen LogP contribution in [0.3, 0.4) is 0 Å². The number of halogens is 1. The molecule has 0 aliphatic heterocycles. The molecule has 0 spiro atoms. The average Bonchev–Trinajstić information content (AvgIpc) is 3.57. The summed E-state index contributed by atoms with van der Waals surface area (Å²) in [5.74, 6) is 0.230. The van der Waals surface area contributed by atoms with E-state index in [1.807, 2.05) is 30.3 Å². The van der Waals surface area contributed by atoms with Crippen LogP contribution in [0.25, 0.3) is 11.0 Å². The minimum atomic E-state index is -0.447. The summed E-state index contributed by atoms with van der Waals surface area (Å²) >= 11 is 0. The van der Waals surface area contributed by atoms with E-state index in [4.69, 9.17) is 4.74 Å². The predicted molar refractivity (Wildman–Crippen MR) is 111 cm³/mol. The maximum absolute atomic E-state index is 15.7. The van der Waals surface area contributed by atoms with Crippen LogP contribution in [0.5, 0.6) is 11.5 Å². The highest BCUT2D eigenvalue weighted by molar-refractivity contribution is 5.77. The highest BCUT2D eigenvalue weighted by Gasteiger charge is 2.30. The summed E-state index contributed by atoms with van der Waals surface area (Å²) in [6, 6.07) is 15.9. The van der Waals surface area contributed by atoms with E-state index in [0.717, 1.165) is 29.5 Å². The minimum Gasteiger partial charge on any atom is -0.454 e. The van der Waals surface area contributed by atoms with Gasteiger partial charge in [0.2, 0.25) is 0 Å². The lowest BCUT2D eigenvalue weighted by molar-refractivity contribution is 0.433. The molecule has 7 heteroatoms. The normalized spacial score (nSPS) is 13.0. The summed E-state index contributed by atoms with van der Waals surface area (Å²) in [5.41, 5.74) is 3.20. The number of aromatic nitrogens is 3. The van der Waals surface area contributed by atoms with Gasteiger partial charge in [-0.15, -0.1) is 0 Å². The Balaban J connectivity index is 1.55. The third kappa shape index (κ3) is 3.58. The van der Waals surface area contributed by atoms with Crippen molar-refractivity contribution in [1.29, 1.82) is 10.5 Å². The molecule has 31 heavy (non-hydrogen) atoms. The highest BCUT2D eigenvalue weighted by Crippen LogP contribution is 2.47. The smallest absolute Gasteiger partial charge is 0.181 e. The van der Waals surface area contributed by atoms with Gasteiger partial charge < -0.3 is 4.74 Å². The van der Waals surface area contributed by atoms with Crippen LogP contribution in [-0.2, 0) is 6.42 Å². The molecule has 2 aromatic heterocycles. The number of nitrogens with zero attached hydrogens (tertiary/aromatic N) is 4. The van der Waals surface area contributed by atoms with E-state index in [1.165, 1.54) is 18.2 Å². The van der Waals surface area contributed by atoms with Gasteiger partial charge in [-0.2, -0.15) is 15.6 Å². The number of nitrogens with one attached hydrogen (secondary N) is 1. The van der Waals surface area contributed by atoms with E-state index in [0.29, 0.717) is 17.6 Å². The summed E-state index contributed by atoms with van der Waals surface area (Å²) in [5, 5.41) is 26.4. The largest absolute Gasteiger partial charge is 0.454 e. The van der Waals surface area contributed by atoms with Crippen molar-refractivity contribution in [1.82, 2.24) is 15.2 Å². The first-order chi connectivity index (χ1) is 15.2. The summed E-state index contributed by atoms with van der Waals surface area (Å²) in [4.78, 5) is 4.20. The van der Waals surface area contributed by atoms with Crippen LogP contribution in [0, 0.1) is 28.5 Å². The number of benzene rings is 2. The van der Waals surface area contributed by atoms with E-state index in [9.17, 15) is 10.5 Å². The third-order valence-electron chi connectivity index (χ3n) is 5.39. The molecular weight excluding hydrogens is 393 g/mol. The number of rotatable bonds is 5. The maximum atomic E-state index is 15.7. The zero-order chi connectivity index (χ0) is 21.4. The number of fused-ring (bicyclic) bond motifs is 1. The average molecular weight is 409 g/mol. The number of ether oxygens (including phenoxy) is 1. The lowest BCUT2D eigenvalue weighted by Crippen LogP contribution is -2.01. The molecule has 0 saturated heterocycles. The van der Waals surface area contributed by atoms with E-state index in [-0.39, 0.29) is 28.5 Å². The molecular formula is C24H16FN5O. The lowest BCUT2D eigenvalue weighted by Gasteiger charge is -2.15. The molecule has 0 atom stereocenters. The molecule has 6 nitrogen and oxygen atoms in total. The Morgan fingerprint density at radius 2 is 1.87 bits per heavy atom. The van der Waals surface area contributed by atoms with Crippen LogP contribution >= 0.6 is 0 Å². The van der Waals surface area contributed by atoms with Gasteiger partial charge in [0.1, 0.15) is 5.75 Å². The molecule has 4 aromatic rings. The Bertz CT molecular complexity index is 1360. The van der Waals surface area contributed by atoms with Crippen molar-refractivity contribution in [3.63, 3.8) is 0 Å². The second kappa shape index (κ2) is 7.55. The second-order valence-electron chi connectivity index (χ2n) is 7.56. The van der Waals surface area contributed by atoms with Crippen molar-refractivity contribution in [3.8, 4) is 23.6 Å². The zero-order valence-corrected chi connectivity index (χ0v) is 16.4. The SMILES string of the molecule is N#Cc1cc(C#N)cc(Oc2c(C3CC3)ccc(Cc3[nH]nc4ncccc34)c2F)c1. The van der Waals surface area contributed by atoms with Gasteiger partial charge in [0, 0.05) is 29.3 Å². The van der Waals surface area contributed by atoms with Gasteiger partial charge in [0.25, 0.3) is 0 Å². The Hall–Kier alpha value is -4.23. The molecule has 150 valence electrons. The first-order valence-corrected chi connectivity index (χ1v) is 9.88.